The highest BCUT2D eigenvalue weighted by atomic mass is 32.1. The van der Waals surface area contributed by atoms with Crippen molar-refractivity contribution in [3.63, 3.8) is 0 Å². The van der Waals surface area contributed by atoms with Gasteiger partial charge in [-0.3, -0.25) is 4.98 Å². The Labute approximate surface area is 177 Å². The van der Waals surface area contributed by atoms with Crippen molar-refractivity contribution in [2.75, 3.05) is 18.6 Å². The number of nitrogens with one attached hydrogen (secondary N) is 1. The van der Waals surface area contributed by atoms with E-state index in [-0.39, 0.29) is 12.1 Å². The summed E-state index contributed by atoms with van der Waals surface area (Å²) in [7, 11) is 1.73. The van der Waals surface area contributed by atoms with Crippen LogP contribution in [0.5, 0.6) is 0 Å². The largest absolute Gasteiger partial charge is 0.383 e. The number of anilines is 1. The van der Waals surface area contributed by atoms with Crippen LogP contribution in [0, 0.1) is 13.8 Å². The summed E-state index contributed by atoms with van der Waals surface area (Å²) in [5.41, 5.74) is 5.77. The van der Waals surface area contributed by atoms with Crippen LogP contribution >= 0.6 is 12.2 Å². The molecule has 150 valence electrons. The zero-order valence-electron chi connectivity index (χ0n) is 17.0. The number of rotatable bonds is 6. The van der Waals surface area contributed by atoms with Gasteiger partial charge in [0.25, 0.3) is 0 Å². The molecule has 1 N–H and O–H groups in total. The normalized spacial score (nSPS) is 18.9. The molecule has 0 bridgehead atoms. The summed E-state index contributed by atoms with van der Waals surface area (Å²) in [6, 6.07) is 16.7. The van der Waals surface area contributed by atoms with Crippen molar-refractivity contribution in [3.8, 4) is 0 Å². The SMILES string of the molecule is COCCn1cccc1[C@@H]1[C@@H](c2ccccn2)NC(=S)N1c1ccc(C)c(C)c1. The molecule has 0 unspecified atom stereocenters. The third-order valence-electron chi connectivity index (χ3n) is 5.57. The molecule has 1 aliphatic rings. The predicted molar refractivity (Wildman–Crippen MR) is 120 cm³/mol. The number of hydrogen-bond acceptors (Lipinski definition) is 3. The summed E-state index contributed by atoms with van der Waals surface area (Å²) >= 11 is 5.81. The van der Waals surface area contributed by atoms with Gasteiger partial charge in [0, 0.05) is 37.4 Å². The van der Waals surface area contributed by atoms with Crippen LogP contribution in [0.1, 0.15) is 34.6 Å². The van der Waals surface area contributed by atoms with Crippen LogP contribution in [0.4, 0.5) is 5.69 Å². The van der Waals surface area contributed by atoms with Crippen molar-refractivity contribution < 1.29 is 4.74 Å². The fourth-order valence-corrected chi connectivity index (χ4v) is 4.24. The molecular formula is C23H26N4OS. The number of hydrogen-bond donors (Lipinski definition) is 1. The Kier molecular flexibility index (Phi) is 5.65. The first-order valence-electron chi connectivity index (χ1n) is 9.82. The Morgan fingerprint density at radius 3 is 2.69 bits per heavy atom. The lowest BCUT2D eigenvalue weighted by atomic mass is 10.00. The van der Waals surface area contributed by atoms with Crippen LogP contribution in [0.3, 0.4) is 0 Å². The van der Waals surface area contributed by atoms with Gasteiger partial charge in [-0.15, -0.1) is 0 Å². The van der Waals surface area contributed by atoms with Gasteiger partial charge in [-0.1, -0.05) is 12.1 Å². The zero-order valence-corrected chi connectivity index (χ0v) is 17.8. The molecule has 0 aliphatic carbocycles. The summed E-state index contributed by atoms with van der Waals surface area (Å²) < 4.78 is 7.56. The molecule has 2 atom stereocenters. The molecule has 6 heteroatoms. The van der Waals surface area contributed by atoms with Gasteiger partial charge in [0.05, 0.1) is 18.3 Å². The minimum atomic E-state index is -0.0403. The molecule has 29 heavy (non-hydrogen) atoms. The van der Waals surface area contributed by atoms with Crippen molar-refractivity contribution in [3.05, 3.63) is 83.4 Å². The number of aromatic nitrogens is 2. The molecule has 0 saturated carbocycles. The van der Waals surface area contributed by atoms with E-state index in [4.69, 9.17) is 17.0 Å². The van der Waals surface area contributed by atoms with Gasteiger partial charge in [0.15, 0.2) is 5.11 Å². The van der Waals surface area contributed by atoms with Gasteiger partial charge in [0.1, 0.15) is 6.04 Å². The zero-order chi connectivity index (χ0) is 20.4. The summed E-state index contributed by atoms with van der Waals surface area (Å²) in [6.07, 6.45) is 3.93. The van der Waals surface area contributed by atoms with E-state index in [9.17, 15) is 0 Å². The van der Waals surface area contributed by atoms with Crippen LogP contribution in [0.15, 0.2) is 60.9 Å². The minimum Gasteiger partial charge on any atom is -0.383 e. The van der Waals surface area contributed by atoms with E-state index in [0.29, 0.717) is 11.7 Å². The molecular weight excluding hydrogens is 380 g/mol. The van der Waals surface area contributed by atoms with Gasteiger partial charge >= 0.3 is 0 Å². The average molecular weight is 407 g/mol. The fourth-order valence-electron chi connectivity index (χ4n) is 3.90. The van der Waals surface area contributed by atoms with Gasteiger partial charge in [-0.05, 0) is 73.6 Å². The van der Waals surface area contributed by atoms with E-state index in [1.54, 1.807) is 7.11 Å². The lowest BCUT2D eigenvalue weighted by molar-refractivity contribution is 0.186. The Morgan fingerprint density at radius 2 is 1.97 bits per heavy atom. The highest BCUT2D eigenvalue weighted by Crippen LogP contribution is 2.41. The fraction of sp³-hybridized carbons (Fsp3) is 0.304. The molecule has 4 rings (SSSR count). The Morgan fingerprint density at radius 1 is 1.10 bits per heavy atom. The highest BCUT2D eigenvalue weighted by molar-refractivity contribution is 7.80. The van der Waals surface area contributed by atoms with Crippen molar-refractivity contribution in [2.45, 2.75) is 32.5 Å². The Balaban J connectivity index is 1.82. The maximum absolute atomic E-state index is 5.81. The van der Waals surface area contributed by atoms with Crippen LogP contribution in [0.2, 0.25) is 0 Å². The third-order valence-corrected chi connectivity index (χ3v) is 5.89. The first-order valence-corrected chi connectivity index (χ1v) is 10.2. The molecule has 3 heterocycles. The lowest BCUT2D eigenvalue weighted by Crippen LogP contribution is -2.30. The van der Waals surface area contributed by atoms with Crippen molar-refractivity contribution in [1.29, 1.82) is 0 Å². The van der Waals surface area contributed by atoms with Crippen LogP contribution < -0.4 is 10.2 Å². The quantitative estimate of drug-likeness (QED) is 0.618. The molecule has 3 aromatic rings. The van der Waals surface area contributed by atoms with E-state index in [2.05, 4.69) is 76.2 Å². The summed E-state index contributed by atoms with van der Waals surface area (Å²) in [5, 5.41) is 4.24. The third kappa shape index (κ3) is 3.78. The summed E-state index contributed by atoms with van der Waals surface area (Å²) in [6.45, 7) is 5.71. The number of benzene rings is 1. The molecule has 0 spiro atoms. The van der Waals surface area contributed by atoms with E-state index in [1.165, 1.54) is 16.8 Å². The number of thiocarbonyl (C=S) groups is 1. The molecule has 2 aromatic heterocycles. The Bertz CT molecular complexity index is 1000. The van der Waals surface area contributed by atoms with Gasteiger partial charge in [0.2, 0.25) is 0 Å². The van der Waals surface area contributed by atoms with Crippen molar-refractivity contribution >= 4 is 23.0 Å². The average Bonchev–Trinajstić information content (AvgIpc) is 3.33. The van der Waals surface area contributed by atoms with Gasteiger partial charge in [-0.2, -0.15) is 0 Å². The van der Waals surface area contributed by atoms with Crippen LogP contribution in [-0.4, -0.2) is 28.4 Å². The van der Waals surface area contributed by atoms with E-state index in [0.717, 1.165) is 17.9 Å². The van der Waals surface area contributed by atoms with E-state index in [1.807, 2.05) is 18.3 Å². The van der Waals surface area contributed by atoms with E-state index < -0.39 is 0 Å². The first-order chi connectivity index (χ1) is 14.1. The molecule has 1 aliphatic heterocycles. The van der Waals surface area contributed by atoms with Crippen molar-refractivity contribution in [1.82, 2.24) is 14.9 Å². The molecule has 1 fully saturated rings. The highest BCUT2D eigenvalue weighted by Gasteiger charge is 2.42. The second kappa shape index (κ2) is 8.35. The van der Waals surface area contributed by atoms with E-state index >= 15 is 0 Å². The first kappa shape index (κ1) is 19.6. The van der Waals surface area contributed by atoms with Gasteiger partial charge < -0.3 is 19.5 Å². The number of methoxy groups -OCH3 is 1. The monoisotopic (exact) mass is 406 g/mol. The van der Waals surface area contributed by atoms with Crippen LogP contribution in [0.25, 0.3) is 0 Å². The second-order valence-corrected chi connectivity index (χ2v) is 7.77. The molecule has 5 nitrogen and oxygen atoms in total. The number of aryl methyl sites for hydroxylation is 2. The molecule has 0 radical (unpaired) electrons. The van der Waals surface area contributed by atoms with Crippen molar-refractivity contribution in [2.24, 2.45) is 0 Å². The topological polar surface area (TPSA) is 42.3 Å². The number of nitrogens with zero attached hydrogens (tertiary/aromatic N) is 3. The maximum Gasteiger partial charge on any atom is 0.174 e. The predicted octanol–water partition coefficient (Wildman–Crippen LogP) is 4.32. The number of ether oxygens (including phenoxy) is 1. The van der Waals surface area contributed by atoms with Crippen LogP contribution in [-0.2, 0) is 11.3 Å². The number of pyridine rings is 1. The minimum absolute atomic E-state index is 0.00800. The molecule has 1 aromatic carbocycles. The molecule has 0 amide bonds. The standard InChI is InChI=1S/C23H26N4OS/c1-16-9-10-18(15-17(16)2)27-22(20-8-6-12-26(20)13-14-28-3)21(25-23(27)29)19-7-4-5-11-24-19/h4-12,15,21-22H,13-14H2,1-3H3,(H,25,29)/t21-,22-/m1/s1. The van der Waals surface area contributed by atoms with Gasteiger partial charge in [-0.25, -0.2) is 0 Å². The maximum atomic E-state index is 5.81. The molecule has 1 saturated heterocycles. The lowest BCUT2D eigenvalue weighted by Gasteiger charge is -2.29. The second-order valence-electron chi connectivity index (χ2n) is 7.38. The Hall–Kier alpha value is -2.70. The smallest absolute Gasteiger partial charge is 0.174 e. The summed E-state index contributed by atoms with van der Waals surface area (Å²) in [4.78, 5) is 6.85. The summed E-state index contributed by atoms with van der Waals surface area (Å²) in [5.74, 6) is 0.